The van der Waals surface area contributed by atoms with Gasteiger partial charge < -0.3 is 10.2 Å². The van der Waals surface area contributed by atoms with Gasteiger partial charge >= 0.3 is 0 Å². The third-order valence-corrected chi connectivity index (χ3v) is 4.89. The third kappa shape index (κ3) is 4.62. The molecule has 1 N–H and O–H groups in total. The van der Waals surface area contributed by atoms with E-state index in [1.165, 1.54) is 31.2 Å². The van der Waals surface area contributed by atoms with Crippen LogP contribution in [0.25, 0.3) is 0 Å². The first-order chi connectivity index (χ1) is 10.1. The summed E-state index contributed by atoms with van der Waals surface area (Å²) in [6.45, 7) is 6.56. The number of benzene rings is 1. The molecule has 1 saturated carbocycles. The summed E-state index contributed by atoms with van der Waals surface area (Å²) in [6, 6.07) is 6.86. The molecule has 1 atom stereocenters. The summed E-state index contributed by atoms with van der Waals surface area (Å²) in [5.41, 5.74) is 2.43. The minimum Gasteiger partial charge on any atom is -0.373 e. The predicted molar refractivity (Wildman–Crippen MR) is 93.4 cm³/mol. The molecule has 1 unspecified atom stereocenters. The molecule has 0 heterocycles. The predicted octanol–water partition coefficient (Wildman–Crippen LogP) is 5.03. The van der Waals surface area contributed by atoms with E-state index in [1.54, 1.807) is 0 Å². The zero-order valence-corrected chi connectivity index (χ0v) is 14.4. The molecule has 1 aromatic carbocycles. The monoisotopic (exact) mass is 308 g/mol. The van der Waals surface area contributed by atoms with Crippen molar-refractivity contribution in [1.82, 2.24) is 5.32 Å². The minimum absolute atomic E-state index is 0.358. The molecule has 0 spiro atoms. The lowest BCUT2D eigenvalue weighted by atomic mass is 10.1. The Morgan fingerprint density at radius 2 is 2.05 bits per heavy atom. The topological polar surface area (TPSA) is 15.3 Å². The molecule has 2 rings (SSSR count). The molecular formula is C18H29ClN2. The van der Waals surface area contributed by atoms with Gasteiger partial charge in [0, 0.05) is 19.6 Å². The third-order valence-electron chi connectivity index (χ3n) is 4.59. The van der Waals surface area contributed by atoms with Gasteiger partial charge in [0.15, 0.2) is 0 Å². The molecule has 1 aliphatic rings. The molecule has 21 heavy (non-hydrogen) atoms. The molecule has 118 valence electrons. The molecule has 2 nitrogen and oxygen atoms in total. The maximum atomic E-state index is 6.52. The van der Waals surface area contributed by atoms with E-state index >= 15 is 0 Å². The summed E-state index contributed by atoms with van der Waals surface area (Å²) >= 11 is 6.52. The number of halogens is 1. The first-order valence-electron chi connectivity index (χ1n) is 8.35. The fourth-order valence-corrected chi connectivity index (χ4v) is 3.59. The van der Waals surface area contributed by atoms with Gasteiger partial charge in [-0.3, -0.25) is 0 Å². The van der Waals surface area contributed by atoms with Crippen LogP contribution in [0.3, 0.4) is 0 Å². The van der Waals surface area contributed by atoms with Crippen LogP contribution in [0.2, 0.25) is 5.02 Å². The second-order valence-electron chi connectivity index (χ2n) is 6.42. The summed E-state index contributed by atoms with van der Waals surface area (Å²) in [4.78, 5) is 2.33. The smallest absolute Gasteiger partial charge is 0.0642 e. The van der Waals surface area contributed by atoms with Crippen LogP contribution < -0.4 is 10.2 Å². The van der Waals surface area contributed by atoms with Crippen LogP contribution in [0.4, 0.5) is 5.69 Å². The van der Waals surface area contributed by atoms with Crippen molar-refractivity contribution in [2.24, 2.45) is 5.92 Å². The highest BCUT2D eigenvalue weighted by atomic mass is 35.5. The van der Waals surface area contributed by atoms with E-state index < -0.39 is 0 Å². The first kappa shape index (κ1) is 16.6. The summed E-state index contributed by atoms with van der Waals surface area (Å²) in [5, 5.41) is 4.38. The van der Waals surface area contributed by atoms with Crippen molar-refractivity contribution < 1.29 is 0 Å². The Morgan fingerprint density at radius 1 is 1.33 bits per heavy atom. The Bertz CT molecular complexity index is 441. The van der Waals surface area contributed by atoms with Crippen molar-refractivity contribution in [2.75, 3.05) is 25.0 Å². The lowest BCUT2D eigenvalue weighted by molar-refractivity contribution is 0.547. The normalized spacial score (nSPS) is 17.1. The first-order valence-corrected chi connectivity index (χ1v) is 8.73. The molecule has 1 aliphatic carbocycles. The van der Waals surface area contributed by atoms with E-state index in [4.69, 9.17) is 11.6 Å². The van der Waals surface area contributed by atoms with E-state index in [9.17, 15) is 0 Å². The second kappa shape index (κ2) is 8.05. The molecule has 0 aromatic heterocycles. The van der Waals surface area contributed by atoms with Gasteiger partial charge in [-0.25, -0.2) is 0 Å². The van der Waals surface area contributed by atoms with Crippen molar-refractivity contribution in [1.29, 1.82) is 0 Å². The molecule has 0 bridgehead atoms. The van der Waals surface area contributed by atoms with Gasteiger partial charge in [-0.2, -0.15) is 0 Å². The van der Waals surface area contributed by atoms with E-state index in [-0.39, 0.29) is 0 Å². The van der Waals surface area contributed by atoms with Gasteiger partial charge in [0.05, 0.1) is 10.7 Å². The van der Waals surface area contributed by atoms with Crippen LogP contribution >= 0.6 is 11.6 Å². The Balaban J connectivity index is 2.00. The molecule has 0 amide bonds. The molecule has 3 heteroatoms. The van der Waals surface area contributed by atoms with Crippen LogP contribution in [-0.4, -0.2) is 20.1 Å². The number of hydrogen-bond donors (Lipinski definition) is 1. The fraction of sp³-hybridized carbons (Fsp3) is 0.667. The lowest BCUT2D eigenvalue weighted by Crippen LogP contribution is -2.24. The maximum absolute atomic E-state index is 6.52. The van der Waals surface area contributed by atoms with Crippen molar-refractivity contribution in [3.05, 3.63) is 28.8 Å². The van der Waals surface area contributed by atoms with Gasteiger partial charge in [0.1, 0.15) is 0 Å². The van der Waals surface area contributed by atoms with Gasteiger partial charge in [-0.15, -0.1) is 0 Å². The standard InChI is InChI=1S/C18H29ClN2/c1-4-11-20-14(2)16-9-10-18(17(19)12-16)21(3)13-15-7-5-6-8-15/h9-10,12,14-15,20H,4-8,11,13H2,1-3H3. The number of nitrogens with one attached hydrogen (secondary N) is 1. The van der Waals surface area contributed by atoms with Crippen molar-refractivity contribution >= 4 is 17.3 Å². The maximum Gasteiger partial charge on any atom is 0.0642 e. The van der Waals surface area contributed by atoms with Crippen molar-refractivity contribution in [3.63, 3.8) is 0 Å². The van der Waals surface area contributed by atoms with E-state index in [1.807, 2.05) is 0 Å². The molecule has 0 radical (unpaired) electrons. The molecule has 0 saturated heterocycles. The highest BCUT2D eigenvalue weighted by Gasteiger charge is 2.18. The summed E-state index contributed by atoms with van der Waals surface area (Å²) in [5.74, 6) is 0.843. The largest absolute Gasteiger partial charge is 0.373 e. The van der Waals surface area contributed by atoms with E-state index in [2.05, 4.69) is 49.3 Å². The number of rotatable bonds is 7. The van der Waals surface area contributed by atoms with E-state index in [0.29, 0.717) is 6.04 Å². The second-order valence-corrected chi connectivity index (χ2v) is 6.82. The highest BCUT2D eigenvalue weighted by Crippen LogP contribution is 2.31. The molecule has 1 fully saturated rings. The fourth-order valence-electron chi connectivity index (χ4n) is 3.26. The Kier molecular flexibility index (Phi) is 6.38. The molecule has 0 aliphatic heterocycles. The van der Waals surface area contributed by atoms with Gasteiger partial charge in [-0.1, -0.05) is 37.4 Å². The average molecular weight is 309 g/mol. The van der Waals surface area contributed by atoms with Crippen LogP contribution in [0.1, 0.15) is 57.6 Å². The number of hydrogen-bond acceptors (Lipinski definition) is 2. The van der Waals surface area contributed by atoms with Gasteiger partial charge in [0.2, 0.25) is 0 Å². The van der Waals surface area contributed by atoms with Crippen LogP contribution in [0, 0.1) is 5.92 Å². The van der Waals surface area contributed by atoms with Crippen molar-refractivity contribution in [2.45, 2.75) is 52.0 Å². The Labute approximate surface area is 134 Å². The number of nitrogens with zero attached hydrogens (tertiary/aromatic N) is 1. The summed E-state index contributed by atoms with van der Waals surface area (Å²) in [7, 11) is 2.16. The zero-order chi connectivity index (χ0) is 15.2. The lowest BCUT2D eigenvalue weighted by Gasteiger charge is -2.25. The van der Waals surface area contributed by atoms with Crippen LogP contribution in [0.5, 0.6) is 0 Å². The SMILES string of the molecule is CCCNC(C)c1ccc(N(C)CC2CCCC2)c(Cl)c1. The van der Waals surface area contributed by atoms with Gasteiger partial charge in [-0.05, 0) is 56.3 Å². The van der Waals surface area contributed by atoms with Crippen molar-refractivity contribution in [3.8, 4) is 0 Å². The molecular weight excluding hydrogens is 280 g/mol. The quantitative estimate of drug-likeness (QED) is 0.760. The molecule has 1 aromatic rings. The van der Waals surface area contributed by atoms with E-state index in [0.717, 1.165) is 36.1 Å². The van der Waals surface area contributed by atoms with Crippen LogP contribution in [0.15, 0.2) is 18.2 Å². The summed E-state index contributed by atoms with van der Waals surface area (Å²) in [6.07, 6.45) is 6.69. The van der Waals surface area contributed by atoms with Gasteiger partial charge in [0.25, 0.3) is 0 Å². The number of anilines is 1. The minimum atomic E-state index is 0.358. The highest BCUT2D eigenvalue weighted by molar-refractivity contribution is 6.33. The zero-order valence-electron chi connectivity index (χ0n) is 13.7. The average Bonchev–Trinajstić information content (AvgIpc) is 2.97. The summed E-state index contributed by atoms with van der Waals surface area (Å²) < 4.78 is 0. The Morgan fingerprint density at radius 3 is 2.67 bits per heavy atom. The Hall–Kier alpha value is -0.730. The van der Waals surface area contributed by atoms with Crippen LogP contribution in [-0.2, 0) is 0 Å².